The van der Waals surface area contributed by atoms with E-state index in [9.17, 15) is 4.79 Å². The molecule has 0 amide bonds. The van der Waals surface area contributed by atoms with Gasteiger partial charge in [-0.1, -0.05) is 12.1 Å². The summed E-state index contributed by atoms with van der Waals surface area (Å²) in [6.45, 7) is 1.20. The number of benzene rings is 1. The van der Waals surface area contributed by atoms with Gasteiger partial charge in [0.15, 0.2) is 0 Å². The number of fused-ring (bicyclic) bond motifs is 1. The van der Waals surface area contributed by atoms with Crippen LogP contribution in [0, 0.1) is 0 Å². The second-order valence-corrected chi connectivity index (χ2v) is 6.46. The normalized spacial score (nSPS) is 17.0. The van der Waals surface area contributed by atoms with E-state index < -0.39 is 0 Å². The summed E-state index contributed by atoms with van der Waals surface area (Å²) in [5.74, 6) is 1.51. The van der Waals surface area contributed by atoms with Crippen molar-refractivity contribution in [2.75, 3.05) is 18.1 Å². The number of halogens is 1. The largest absolute Gasteiger partial charge is 0.460 e. The second-order valence-electron chi connectivity index (χ2n) is 6.20. The summed E-state index contributed by atoms with van der Waals surface area (Å²) in [6.07, 6.45) is 5.19. The monoisotopic (exact) mass is 371 g/mol. The lowest BCUT2D eigenvalue weighted by Crippen LogP contribution is -2.35. The Bertz CT molecular complexity index is 929. The molecule has 2 aromatic heterocycles. The number of anilines is 1. The zero-order valence-corrected chi connectivity index (χ0v) is 14.8. The minimum absolute atomic E-state index is 0.102. The SMILES string of the molecule is O=C(OCC1CCCN1c1ccnc2ncnn12)c1cccc(CCl)c1. The van der Waals surface area contributed by atoms with Crippen molar-refractivity contribution in [2.24, 2.45) is 0 Å². The summed E-state index contributed by atoms with van der Waals surface area (Å²) in [7, 11) is 0. The third-order valence-corrected chi connectivity index (χ3v) is 4.86. The molecule has 0 aliphatic carbocycles. The highest BCUT2D eigenvalue weighted by Gasteiger charge is 2.28. The van der Waals surface area contributed by atoms with Gasteiger partial charge in [-0.15, -0.1) is 11.6 Å². The van der Waals surface area contributed by atoms with Gasteiger partial charge in [-0.25, -0.2) is 9.78 Å². The van der Waals surface area contributed by atoms with Gasteiger partial charge in [0.1, 0.15) is 18.8 Å². The Labute approximate surface area is 155 Å². The molecule has 1 atom stereocenters. The molecule has 3 aromatic rings. The molecule has 0 bridgehead atoms. The van der Waals surface area contributed by atoms with Crippen LogP contribution in [0.2, 0.25) is 0 Å². The Morgan fingerprint density at radius 1 is 1.31 bits per heavy atom. The van der Waals surface area contributed by atoms with Crippen molar-refractivity contribution in [3.63, 3.8) is 0 Å². The standard InChI is InChI=1S/C18H18ClN5O2/c19-10-13-3-1-4-14(9-13)17(25)26-11-15-5-2-8-23(15)16-6-7-20-18-21-12-22-24(16)18/h1,3-4,6-7,9,12,15H,2,5,8,10-11H2. The Kier molecular flexibility index (Phi) is 4.71. The van der Waals surface area contributed by atoms with Crippen molar-refractivity contribution in [1.29, 1.82) is 0 Å². The summed E-state index contributed by atoms with van der Waals surface area (Å²) in [4.78, 5) is 22.9. The fourth-order valence-corrected chi connectivity index (χ4v) is 3.46. The molecule has 1 fully saturated rings. The first-order valence-corrected chi connectivity index (χ1v) is 9.03. The molecule has 4 rings (SSSR count). The maximum absolute atomic E-state index is 12.4. The van der Waals surface area contributed by atoms with Gasteiger partial charge in [-0.05, 0) is 36.6 Å². The number of hydrogen-bond acceptors (Lipinski definition) is 6. The average Bonchev–Trinajstić information content (AvgIpc) is 3.35. The summed E-state index contributed by atoms with van der Waals surface area (Å²) in [6, 6.07) is 9.22. The van der Waals surface area contributed by atoms with Crippen LogP contribution in [0.25, 0.3) is 5.78 Å². The zero-order chi connectivity index (χ0) is 17.9. The van der Waals surface area contributed by atoms with Crippen molar-refractivity contribution >= 4 is 29.2 Å². The van der Waals surface area contributed by atoms with E-state index in [1.54, 1.807) is 22.8 Å². The van der Waals surface area contributed by atoms with Gasteiger partial charge in [0.2, 0.25) is 0 Å². The van der Waals surface area contributed by atoms with Gasteiger partial charge in [-0.3, -0.25) is 0 Å². The van der Waals surface area contributed by atoms with E-state index in [1.165, 1.54) is 6.33 Å². The topological polar surface area (TPSA) is 72.6 Å². The summed E-state index contributed by atoms with van der Waals surface area (Å²) < 4.78 is 7.28. The second kappa shape index (κ2) is 7.29. The molecule has 1 aliphatic rings. The van der Waals surface area contributed by atoms with Crippen LogP contribution in [0.1, 0.15) is 28.8 Å². The number of alkyl halides is 1. The molecule has 26 heavy (non-hydrogen) atoms. The summed E-state index contributed by atoms with van der Waals surface area (Å²) in [5.41, 5.74) is 1.42. The number of carbonyl (C=O) groups is 1. The van der Waals surface area contributed by atoms with Crippen molar-refractivity contribution < 1.29 is 9.53 Å². The molecular weight excluding hydrogens is 354 g/mol. The van der Waals surface area contributed by atoms with Gasteiger partial charge < -0.3 is 9.64 Å². The van der Waals surface area contributed by atoms with Crippen molar-refractivity contribution in [1.82, 2.24) is 19.6 Å². The number of nitrogens with zero attached hydrogens (tertiary/aromatic N) is 5. The van der Waals surface area contributed by atoms with Crippen LogP contribution in [0.15, 0.2) is 42.9 Å². The number of ether oxygens (including phenoxy) is 1. The molecule has 0 radical (unpaired) electrons. The van der Waals surface area contributed by atoms with Gasteiger partial charge >= 0.3 is 5.97 Å². The zero-order valence-electron chi connectivity index (χ0n) is 14.1. The average molecular weight is 372 g/mol. The number of carbonyl (C=O) groups excluding carboxylic acids is 1. The van der Waals surface area contributed by atoms with Crippen molar-refractivity contribution in [3.8, 4) is 0 Å². The molecule has 0 saturated carbocycles. The Morgan fingerprint density at radius 3 is 3.12 bits per heavy atom. The number of rotatable bonds is 5. The first kappa shape index (κ1) is 16.8. The van der Waals surface area contributed by atoms with E-state index in [0.29, 0.717) is 23.8 Å². The van der Waals surface area contributed by atoms with Gasteiger partial charge in [0, 0.05) is 18.6 Å². The third-order valence-electron chi connectivity index (χ3n) is 4.56. The fourth-order valence-electron chi connectivity index (χ4n) is 3.29. The number of esters is 1. The highest BCUT2D eigenvalue weighted by atomic mass is 35.5. The molecule has 1 aliphatic heterocycles. The lowest BCUT2D eigenvalue weighted by atomic mass is 10.1. The van der Waals surface area contributed by atoms with Crippen molar-refractivity contribution in [2.45, 2.75) is 24.8 Å². The number of hydrogen-bond donors (Lipinski definition) is 0. The molecule has 3 heterocycles. The van der Waals surface area contributed by atoms with Crippen LogP contribution >= 0.6 is 11.6 Å². The van der Waals surface area contributed by atoms with E-state index in [4.69, 9.17) is 16.3 Å². The van der Waals surface area contributed by atoms with E-state index in [2.05, 4.69) is 20.0 Å². The van der Waals surface area contributed by atoms with Crippen LogP contribution in [-0.4, -0.2) is 44.7 Å². The lowest BCUT2D eigenvalue weighted by Gasteiger charge is -2.26. The molecule has 1 saturated heterocycles. The van der Waals surface area contributed by atoms with E-state index in [1.807, 2.05) is 18.2 Å². The molecule has 8 heteroatoms. The highest BCUT2D eigenvalue weighted by Crippen LogP contribution is 2.25. The maximum Gasteiger partial charge on any atom is 0.338 e. The maximum atomic E-state index is 12.4. The number of aromatic nitrogens is 4. The van der Waals surface area contributed by atoms with Gasteiger partial charge in [-0.2, -0.15) is 14.6 Å². The molecule has 7 nitrogen and oxygen atoms in total. The van der Waals surface area contributed by atoms with Crippen molar-refractivity contribution in [3.05, 3.63) is 54.0 Å². The molecule has 134 valence electrons. The quantitative estimate of drug-likeness (QED) is 0.507. The fraction of sp³-hybridized carbons (Fsp3) is 0.333. The first-order chi connectivity index (χ1) is 12.8. The van der Waals surface area contributed by atoms with Crippen LogP contribution < -0.4 is 4.90 Å². The Morgan fingerprint density at radius 2 is 2.23 bits per heavy atom. The molecule has 0 N–H and O–H groups in total. The molecule has 0 spiro atoms. The van der Waals surface area contributed by atoms with E-state index in [-0.39, 0.29) is 12.0 Å². The summed E-state index contributed by atoms with van der Waals surface area (Å²) >= 11 is 5.83. The van der Waals surface area contributed by atoms with Crippen LogP contribution in [-0.2, 0) is 10.6 Å². The van der Waals surface area contributed by atoms with E-state index in [0.717, 1.165) is 30.8 Å². The molecule has 1 aromatic carbocycles. The molecule has 1 unspecified atom stereocenters. The first-order valence-electron chi connectivity index (χ1n) is 8.49. The minimum Gasteiger partial charge on any atom is -0.460 e. The van der Waals surface area contributed by atoms with Crippen LogP contribution in [0.3, 0.4) is 0 Å². The highest BCUT2D eigenvalue weighted by molar-refractivity contribution is 6.17. The Balaban J connectivity index is 1.47. The van der Waals surface area contributed by atoms with Gasteiger partial charge in [0.05, 0.1) is 11.6 Å². The lowest BCUT2D eigenvalue weighted by molar-refractivity contribution is 0.0482. The van der Waals surface area contributed by atoms with Crippen LogP contribution in [0.4, 0.5) is 5.82 Å². The van der Waals surface area contributed by atoms with Crippen LogP contribution in [0.5, 0.6) is 0 Å². The van der Waals surface area contributed by atoms with Gasteiger partial charge in [0.25, 0.3) is 5.78 Å². The third kappa shape index (κ3) is 3.22. The summed E-state index contributed by atoms with van der Waals surface area (Å²) in [5, 5.41) is 4.24. The smallest absolute Gasteiger partial charge is 0.338 e. The molecular formula is C18H18ClN5O2. The predicted octanol–water partition coefficient (Wildman–Crippen LogP) is 2.69. The van der Waals surface area contributed by atoms with E-state index >= 15 is 0 Å². The predicted molar refractivity (Wildman–Crippen MR) is 97.4 cm³/mol. The minimum atomic E-state index is -0.329. The Hall–Kier alpha value is -2.67.